The topological polar surface area (TPSA) is 66.5 Å². The van der Waals surface area contributed by atoms with Crippen LogP contribution in [0.4, 0.5) is 10.5 Å². The number of benzene rings is 1. The molecule has 3 amide bonds. The molecule has 5 nitrogen and oxygen atoms in total. The second-order valence-corrected chi connectivity index (χ2v) is 7.89. The predicted octanol–water partition coefficient (Wildman–Crippen LogP) is 4.04. The Kier molecular flexibility index (Phi) is 5.06. The zero-order valence-electron chi connectivity index (χ0n) is 13.7. The molecule has 0 atom stereocenters. The molecule has 1 fully saturated rings. The Morgan fingerprint density at radius 3 is 2.60 bits per heavy atom. The Bertz CT molecular complexity index is 886. The van der Waals surface area contributed by atoms with Crippen molar-refractivity contribution in [2.45, 2.75) is 13.8 Å². The highest BCUT2D eigenvalue weighted by atomic mass is 32.2. The fraction of sp³-hybridized carbons (Fsp3) is 0.167. The Balaban J connectivity index is 1.69. The first-order chi connectivity index (χ1) is 11.9. The number of imide groups is 1. The number of rotatable bonds is 4. The Hall–Kier alpha value is -2.38. The van der Waals surface area contributed by atoms with Gasteiger partial charge in [-0.25, -0.2) is 0 Å². The molecule has 0 saturated carbocycles. The molecule has 0 aliphatic carbocycles. The molecule has 1 saturated heterocycles. The number of amides is 3. The minimum absolute atomic E-state index is 0.292. The summed E-state index contributed by atoms with van der Waals surface area (Å²) in [7, 11) is 0. The lowest BCUT2D eigenvalue weighted by molar-refractivity contribution is -0.127. The first kappa shape index (κ1) is 17.4. The molecule has 2 heterocycles. The van der Waals surface area contributed by atoms with Crippen LogP contribution in [0, 0.1) is 13.8 Å². The molecule has 2 aromatic rings. The van der Waals surface area contributed by atoms with Crippen molar-refractivity contribution in [3.05, 3.63) is 56.6 Å². The fourth-order valence-corrected chi connectivity index (χ4v) is 4.07. The van der Waals surface area contributed by atoms with Crippen molar-refractivity contribution in [1.29, 1.82) is 0 Å². The molecule has 0 bridgehead atoms. The minimum atomic E-state index is -0.430. The fourth-order valence-electron chi connectivity index (χ4n) is 2.34. The van der Waals surface area contributed by atoms with Crippen LogP contribution >= 0.6 is 23.1 Å². The smallest absolute Gasteiger partial charge is 0.294 e. The van der Waals surface area contributed by atoms with Crippen LogP contribution in [0.3, 0.4) is 0 Å². The zero-order valence-corrected chi connectivity index (χ0v) is 15.4. The number of hydrogen-bond acceptors (Lipinski definition) is 5. The standard InChI is InChI=1S/C18H16N2O3S2/c1-11-5-3-4-6-14(11)19-16(21)10-20-17(22)15(25-18(20)23)9-13-8-7-12(2)24-13/h3-9H,10H2,1-2H3,(H,19,21)/b15-9-. The predicted molar refractivity (Wildman–Crippen MR) is 102 cm³/mol. The minimum Gasteiger partial charge on any atom is -0.324 e. The van der Waals surface area contributed by atoms with Crippen LogP contribution in [0.1, 0.15) is 15.3 Å². The lowest BCUT2D eigenvalue weighted by Gasteiger charge is -2.13. The van der Waals surface area contributed by atoms with E-state index in [4.69, 9.17) is 0 Å². The van der Waals surface area contributed by atoms with E-state index in [0.717, 1.165) is 32.0 Å². The van der Waals surface area contributed by atoms with E-state index in [1.54, 1.807) is 23.5 Å². The van der Waals surface area contributed by atoms with Crippen molar-refractivity contribution >= 4 is 51.9 Å². The number of nitrogens with one attached hydrogen (secondary N) is 1. The van der Waals surface area contributed by atoms with Crippen molar-refractivity contribution in [2.24, 2.45) is 0 Å². The number of para-hydroxylation sites is 1. The highest BCUT2D eigenvalue weighted by Crippen LogP contribution is 2.33. The highest BCUT2D eigenvalue weighted by molar-refractivity contribution is 8.18. The van der Waals surface area contributed by atoms with Crippen molar-refractivity contribution in [3.8, 4) is 0 Å². The van der Waals surface area contributed by atoms with E-state index in [2.05, 4.69) is 5.32 Å². The molecule has 0 radical (unpaired) electrons. The molecular weight excluding hydrogens is 356 g/mol. The molecule has 1 aliphatic heterocycles. The number of thioether (sulfide) groups is 1. The van der Waals surface area contributed by atoms with Crippen LogP contribution in [0.5, 0.6) is 0 Å². The number of thiophene rings is 1. The molecule has 3 rings (SSSR count). The molecule has 1 aromatic heterocycles. The molecule has 1 aromatic carbocycles. The summed E-state index contributed by atoms with van der Waals surface area (Å²) in [6.07, 6.45) is 1.70. The summed E-state index contributed by atoms with van der Waals surface area (Å²) in [5.41, 5.74) is 1.59. The number of carbonyl (C=O) groups excluding carboxylic acids is 3. The number of hydrogen-bond donors (Lipinski definition) is 1. The van der Waals surface area contributed by atoms with Crippen LogP contribution < -0.4 is 5.32 Å². The SMILES string of the molecule is Cc1ccc(/C=C2\SC(=O)N(CC(=O)Nc3ccccc3C)C2=O)s1. The molecule has 1 N–H and O–H groups in total. The van der Waals surface area contributed by atoms with Gasteiger partial charge in [0.15, 0.2) is 0 Å². The van der Waals surface area contributed by atoms with E-state index in [1.165, 1.54) is 0 Å². The lowest BCUT2D eigenvalue weighted by Crippen LogP contribution is -2.36. The van der Waals surface area contributed by atoms with Gasteiger partial charge in [0.05, 0.1) is 4.91 Å². The maximum atomic E-state index is 12.4. The Morgan fingerprint density at radius 2 is 1.92 bits per heavy atom. The van der Waals surface area contributed by atoms with Gasteiger partial charge in [-0.05, 0) is 55.4 Å². The largest absolute Gasteiger partial charge is 0.324 e. The van der Waals surface area contributed by atoms with Crippen molar-refractivity contribution in [2.75, 3.05) is 11.9 Å². The van der Waals surface area contributed by atoms with Gasteiger partial charge in [0.2, 0.25) is 5.91 Å². The maximum Gasteiger partial charge on any atom is 0.294 e. The third-order valence-electron chi connectivity index (χ3n) is 3.63. The monoisotopic (exact) mass is 372 g/mol. The summed E-state index contributed by atoms with van der Waals surface area (Å²) in [6.45, 7) is 3.56. The first-order valence-corrected chi connectivity index (χ1v) is 9.24. The van der Waals surface area contributed by atoms with Gasteiger partial charge in [-0.15, -0.1) is 11.3 Å². The summed E-state index contributed by atoms with van der Waals surface area (Å²) in [4.78, 5) is 40.1. The molecule has 1 aliphatic rings. The normalized spacial score (nSPS) is 15.9. The first-order valence-electron chi connectivity index (χ1n) is 7.61. The van der Waals surface area contributed by atoms with Crippen molar-refractivity contribution < 1.29 is 14.4 Å². The van der Waals surface area contributed by atoms with Crippen molar-refractivity contribution in [3.63, 3.8) is 0 Å². The van der Waals surface area contributed by atoms with Crippen LogP contribution in [0.25, 0.3) is 6.08 Å². The molecule has 0 spiro atoms. The van der Waals surface area contributed by atoms with E-state index >= 15 is 0 Å². The van der Waals surface area contributed by atoms with E-state index in [-0.39, 0.29) is 6.54 Å². The molecule has 0 unspecified atom stereocenters. The quantitative estimate of drug-likeness (QED) is 0.823. The van der Waals surface area contributed by atoms with Gasteiger partial charge in [-0.3, -0.25) is 19.3 Å². The number of aryl methyl sites for hydroxylation is 2. The molecule has 25 heavy (non-hydrogen) atoms. The summed E-state index contributed by atoms with van der Waals surface area (Å²) < 4.78 is 0. The van der Waals surface area contributed by atoms with Gasteiger partial charge >= 0.3 is 0 Å². The second-order valence-electron chi connectivity index (χ2n) is 5.58. The molecule has 128 valence electrons. The Morgan fingerprint density at radius 1 is 1.16 bits per heavy atom. The van der Waals surface area contributed by atoms with Gasteiger partial charge in [-0.1, -0.05) is 18.2 Å². The average molecular weight is 372 g/mol. The van der Waals surface area contributed by atoms with Crippen LogP contribution in [0.15, 0.2) is 41.3 Å². The highest BCUT2D eigenvalue weighted by Gasteiger charge is 2.36. The van der Waals surface area contributed by atoms with Crippen LogP contribution in [-0.4, -0.2) is 28.5 Å². The van der Waals surface area contributed by atoms with E-state index in [0.29, 0.717) is 10.6 Å². The summed E-state index contributed by atoms with van der Waals surface area (Å²) >= 11 is 2.41. The third kappa shape index (κ3) is 4.00. The van der Waals surface area contributed by atoms with Crippen LogP contribution in [-0.2, 0) is 9.59 Å². The van der Waals surface area contributed by atoms with E-state index in [9.17, 15) is 14.4 Å². The van der Waals surface area contributed by atoms with Crippen LogP contribution in [0.2, 0.25) is 0 Å². The van der Waals surface area contributed by atoms with Gasteiger partial charge in [-0.2, -0.15) is 0 Å². The lowest BCUT2D eigenvalue weighted by atomic mass is 10.2. The van der Waals surface area contributed by atoms with Gasteiger partial charge in [0, 0.05) is 15.4 Å². The van der Waals surface area contributed by atoms with E-state index < -0.39 is 17.1 Å². The zero-order chi connectivity index (χ0) is 18.0. The summed E-state index contributed by atoms with van der Waals surface area (Å²) in [5.74, 6) is -0.828. The second kappa shape index (κ2) is 7.25. The maximum absolute atomic E-state index is 12.4. The molecular formula is C18H16N2O3S2. The number of carbonyl (C=O) groups is 3. The van der Waals surface area contributed by atoms with E-state index in [1.807, 2.05) is 44.2 Å². The average Bonchev–Trinajstić information content (AvgIpc) is 3.08. The van der Waals surface area contributed by atoms with Gasteiger partial charge in [0.1, 0.15) is 6.54 Å². The van der Waals surface area contributed by atoms with Crippen molar-refractivity contribution in [1.82, 2.24) is 4.90 Å². The number of anilines is 1. The number of nitrogens with zero attached hydrogens (tertiary/aromatic N) is 1. The summed E-state index contributed by atoms with van der Waals surface area (Å²) in [5, 5.41) is 2.31. The Labute approximate surface area is 153 Å². The summed E-state index contributed by atoms with van der Waals surface area (Å²) in [6, 6.07) is 11.2. The third-order valence-corrected chi connectivity index (χ3v) is 5.48. The molecule has 7 heteroatoms. The van der Waals surface area contributed by atoms with Gasteiger partial charge in [0.25, 0.3) is 11.1 Å². The van der Waals surface area contributed by atoms with Gasteiger partial charge < -0.3 is 5.32 Å².